The van der Waals surface area contributed by atoms with Gasteiger partial charge in [0.25, 0.3) is 5.69 Å². The molecule has 0 aliphatic heterocycles. The number of nitrogens with one attached hydrogen (secondary N) is 1. The molecule has 0 spiro atoms. The van der Waals surface area contributed by atoms with E-state index < -0.39 is 28.0 Å². The van der Waals surface area contributed by atoms with Crippen molar-refractivity contribution >= 4 is 17.3 Å². The van der Waals surface area contributed by atoms with E-state index in [1.807, 2.05) is 0 Å². The van der Waals surface area contributed by atoms with Crippen molar-refractivity contribution in [3.63, 3.8) is 0 Å². The van der Waals surface area contributed by atoms with Crippen LogP contribution in [0.25, 0.3) is 0 Å². The zero-order valence-electron chi connectivity index (χ0n) is 10.1. The molecule has 1 aromatic rings. The van der Waals surface area contributed by atoms with Gasteiger partial charge in [0.2, 0.25) is 0 Å². The number of nitro benzene ring substituents is 1. The quantitative estimate of drug-likeness (QED) is 0.534. The second-order valence-corrected chi connectivity index (χ2v) is 4.08. The highest BCUT2D eigenvalue weighted by atomic mass is 19.1. The lowest BCUT2D eigenvalue weighted by atomic mass is 10.1. The second-order valence-electron chi connectivity index (χ2n) is 4.08. The molecule has 1 atom stereocenters. The van der Waals surface area contributed by atoms with Crippen molar-refractivity contribution in [3.05, 3.63) is 33.6 Å². The fourth-order valence-corrected chi connectivity index (χ4v) is 1.37. The van der Waals surface area contributed by atoms with Crippen LogP contribution >= 0.6 is 0 Å². The van der Waals surface area contributed by atoms with Gasteiger partial charge in [-0.15, -0.1) is 0 Å². The largest absolute Gasteiger partial charge is 0.478 e. The molecule has 0 saturated carbocycles. The van der Waals surface area contributed by atoms with Crippen LogP contribution in [0, 0.1) is 21.8 Å². The first kappa shape index (κ1) is 14.8. The van der Waals surface area contributed by atoms with Crippen molar-refractivity contribution in [1.29, 1.82) is 0 Å². The van der Waals surface area contributed by atoms with Gasteiger partial charge in [0.15, 0.2) is 0 Å². The monoisotopic (exact) mass is 272 g/mol. The van der Waals surface area contributed by atoms with Crippen LogP contribution in [0.1, 0.15) is 17.3 Å². The molecule has 0 heterocycles. The van der Waals surface area contributed by atoms with Gasteiger partial charge in [-0.2, -0.15) is 0 Å². The lowest BCUT2D eigenvalue weighted by Gasteiger charge is -2.12. The van der Waals surface area contributed by atoms with E-state index in [2.05, 4.69) is 5.32 Å². The summed E-state index contributed by atoms with van der Waals surface area (Å²) in [6.45, 7) is 1.76. The van der Waals surface area contributed by atoms with Crippen molar-refractivity contribution in [3.8, 4) is 0 Å². The molecular weight excluding hydrogens is 259 g/mol. The molecule has 0 aromatic heterocycles. The van der Waals surface area contributed by atoms with Crippen LogP contribution in [0.4, 0.5) is 15.8 Å². The molecule has 19 heavy (non-hydrogen) atoms. The zero-order valence-corrected chi connectivity index (χ0v) is 10.1. The van der Waals surface area contributed by atoms with E-state index >= 15 is 0 Å². The third-order valence-corrected chi connectivity index (χ3v) is 2.47. The normalized spacial score (nSPS) is 11.9. The third kappa shape index (κ3) is 3.62. The van der Waals surface area contributed by atoms with Gasteiger partial charge in [0.1, 0.15) is 11.5 Å². The maximum atomic E-state index is 13.4. The van der Waals surface area contributed by atoms with Crippen LogP contribution < -0.4 is 5.32 Å². The van der Waals surface area contributed by atoms with Crippen LogP contribution in [0.2, 0.25) is 0 Å². The Kier molecular flexibility index (Phi) is 4.76. The number of carbonyl (C=O) groups is 1. The molecule has 104 valence electrons. The maximum absolute atomic E-state index is 13.4. The van der Waals surface area contributed by atoms with Crippen LogP contribution in [0.5, 0.6) is 0 Å². The minimum Gasteiger partial charge on any atom is -0.478 e. The van der Waals surface area contributed by atoms with Crippen LogP contribution in [0.15, 0.2) is 12.1 Å². The first-order chi connectivity index (χ1) is 8.86. The molecule has 0 fully saturated rings. The highest BCUT2D eigenvalue weighted by molar-refractivity contribution is 5.90. The Balaban J connectivity index is 3.14. The molecule has 8 heteroatoms. The highest BCUT2D eigenvalue weighted by Gasteiger charge is 2.21. The molecular formula is C11H13FN2O5. The van der Waals surface area contributed by atoms with Gasteiger partial charge in [-0.25, -0.2) is 9.18 Å². The average Bonchev–Trinajstić information content (AvgIpc) is 2.35. The highest BCUT2D eigenvalue weighted by Crippen LogP contribution is 2.28. The molecule has 0 saturated heterocycles. The summed E-state index contributed by atoms with van der Waals surface area (Å²) in [5, 5.41) is 31.0. The van der Waals surface area contributed by atoms with Crippen molar-refractivity contribution in [2.75, 3.05) is 18.5 Å². The number of nitrogens with zero attached hydrogens (tertiary/aromatic N) is 1. The van der Waals surface area contributed by atoms with E-state index in [1.54, 1.807) is 6.92 Å². The number of aromatic carboxylic acids is 1. The lowest BCUT2D eigenvalue weighted by Crippen LogP contribution is -2.16. The maximum Gasteiger partial charge on any atom is 0.338 e. The Bertz CT molecular complexity index is 506. The third-order valence-electron chi connectivity index (χ3n) is 2.47. The van der Waals surface area contributed by atoms with E-state index in [-0.39, 0.29) is 24.8 Å². The minimum atomic E-state index is -1.51. The second kappa shape index (κ2) is 6.10. The summed E-state index contributed by atoms with van der Waals surface area (Å²) in [5.41, 5.74) is -1.29. The standard InChI is InChI=1S/C11H13FN2O5/c1-6(5-15)4-13-9-2-7(11(16)17)8(12)3-10(9)14(18)19/h2-3,6,13,15H,4-5H2,1H3,(H,16,17). The molecule has 0 aliphatic rings. The van der Waals surface area contributed by atoms with E-state index in [1.165, 1.54) is 0 Å². The summed E-state index contributed by atoms with van der Waals surface area (Å²) in [7, 11) is 0. The number of benzene rings is 1. The predicted molar refractivity (Wildman–Crippen MR) is 64.8 cm³/mol. The minimum absolute atomic E-state index is 0.0934. The molecule has 3 N–H and O–H groups in total. The Morgan fingerprint density at radius 3 is 2.68 bits per heavy atom. The number of nitro groups is 1. The summed E-state index contributed by atoms with van der Waals surface area (Å²) in [6.07, 6.45) is 0. The number of anilines is 1. The molecule has 7 nitrogen and oxygen atoms in total. The fourth-order valence-electron chi connectivity index (χ4n) is 1.37. The molecule has 1 rings (SSSR count). The van der Waals surface area contributed by atoms with Crippen LogP contribution in [0.3, 0.4) is 0 Å². The van der Waals surface area contributed by atoms with E-state index in [4.69, 9.17) is 10.2 Å². The van der Waals surface area contributed by atoms with E-state index in [9.17, 15) is 19.3 Å². The van der Waals surface area contributed by atoms with Crippen LogP contribution in [-0.4, -0.2) is 34.3 Å². The predicted octanol–water partition coefficient (Wildman–Crippen LogP) is 1.47. The SMILES string of the molecule is CC(CO)CNc1cc(C(=O)O)c(F)cc1[N+](=O)[O-]. The number of carboxylic acids is 1. The summed E-state index contributed by atoms with van der Waals surface area (Å²) in [6, 6.07) is 1.44. The number of aliphatic hydroxyl groups excluding tert-OH is 1. The molecule has 1 unspecified atom stereocenters. The Hall–Kier alpha value is -2.22. The first-order valence-electron chi connectivity index (χ1n) is 5.42. The van der Waals surface area contributed by atoms with Crippen LogP contribution in [-0.2, 0) is 0 Å². The van der Waals surface area contributed by atoms with Gasteiger partial charge in [0.05, 0.1) is 16.6 Å². The molecule has 1 aromatic carbocycles. The Morgan fingerprint density at radius 1 is 1.58 bits per heavy atom. The summed E-state index contributed by atoms with van der Waals surface area (Å²) < 4.78 is 13.4. The number of hydrogen-bond donors (Lipinski definition) is 3. The molecule has 0 radical (unpaired) electrons. The van der Waals surface area contributed by atoms with Gasteiger partial charge in [-0.1, -0.05) is 6.92 Å². The van der Waals surface area contributed by atoms with Crippen molar-refractivity contribution in [2.24, 2.45) is 5.92 Å². The number of halogens is 1. The van der Waals surface area contributed by atoms with Gasteiger partial charge < -0.3 is 15.5 Å². The zero-order chi connectivity index (χ0) is 14.6. The first-order valence-corrected chi connectivity index (χ1v) is 5.42. The summed E-state index contributed by atoms with van der Waals surface area (Å²) in [5.74, 6) is -2.86. The lowest BCUT2D eigenvalue weighted by molar-refractivity contribution is -0.384. The average molecular weight is 272 g/mol. The fraction of sp³-hybridized carbons (Fsp3) is 0.364. The van der Waals surface area contributed by atoms with Crippen molar-refractivity contribution in [2.45, 2.75) is 6.92 Å². The Morgan fingerprint density at radius 2 is 2.21 bits per heavy atom. The molecule has 0 bridgehead atoms. The summed E-state index contributed by atoms with van der Waals surface area (Å²) in [4.78, 5) is 20.7. The number of carboxylic acid groups (broad SMARTS) is 1. The topological polar surface area (TPSA) is 113 Å². The van der Waals surface area contributed by atoms with E-state index in [0.29, 0.717) is 6.07 Å². The smallest absolute Gasteiger partial charge is 0.338 e. The van der Waals surface area contributed by atoms with Crippen molar-refractivity contribution in [1.82, 2.24) is 0 Å². The van der Waals surface area contributed by atoms with Crippen molar-refractivity contribution < 1.29 is 24.3 Å². The number of hydrogen-bond acceptors (Lipinski definition) is 5. The van der Waals surface area contributed by atoms with E-state index in [0.717, 1.165) is 6.07 Å². The number of aliphatic hydroxyl groups is 1. The number of rotatable bonds is 6. The summed E-state index contributed by atoms with van der Waals surface area (Å²) >= 11 is 0. The molecule has 0 amide bonds. The van der Waals surface area contributed by atoms with Gasteiger partial charge >= 0.3 is 5.97 Å². The van der Waals surface area contributed by atoms with Gasteiger partial charge in [0, 0.05) is 13.2 Å². The molecule has 0 aliphatic carbocycles. The van der Waals surface area contributed by atoms with Gasteiger partial charge in [-0.05, 0) is 12.0 Å². The van der Waals surface area contributed by atoms with Gasteiger partial charge in [-0.3, -0.25) is 10.1 Å². The Labute approximate surface area is 107 Å².